The molecule has 0 saturated carbocycles. The molecular formula is C16H19N3O2. The zero-order valence-corrected chi connectivity index (χ0v) is 12.8. The van der Waals surface area contributed by atoms with Crippen LogP contribution in [0.3, 0.4) is 0 Å². The number of aryl methyl sites for hydroxylation is 1. The molecule has 1 heterocycles. The van der Waals surface area contributed by atoms with Gasteiger partial charge in [-0.3, -0.25) is 0 Å². The summed E-state index contributed by atoms with van der Waals surface area (Å²) in [7, 11) is 0. The molecule has 0 spiro atoms. The molecule has 0 atom stereocenters. The standard InChI is InChI=1S/C16H19N3O2/c1-11(2)10-19-12(3)7-14(13(19)4)8-15(9-18)16(20)21-6-5-17/h7-8,11H,6,10H2,1-4H3/b15-8+. The normalized spacial score (nSPS) is 11.1. The summed E-state index contributed by atoms with van der Waals surface area (Å²) < 4.78 is 6.82. The zero-order chi connectivity index (χ0) is 16.0. The van der Waals surface area contributed by atoms with Gasteiger partial charge in [0, 0.05) is 17.9 Å². The summed E-state index contributed by atoms with van der Waals surface area (Å²) in [6.07, 6.45) is 1.51. The minimum absolute atomic E-state index is 0.102. The summed E-state index contributed by atoms with van der Waals surface area (Å²) >= 11 is 0. The number of ether oxygens (including phenoxy) is 1. The van der Waals surface area contributed by atoms with E-state index in [4.69, 9.17) is 10.5 Å². The molecule has 0 unspecified atom stereocenters. The van der Waals surface area contributed by atoms with Gasteiger partial charge in [-0.25, -0.2) is 4.79 Å². The minimum Gasteiger partial charge on any atom is -0.446 e. The second-order valence-corrected chi connectivity index (χ2v) is 5.23. The van der Waals surface area contributed by atoms with Crippen molar-refractivity contribution < 1.29 is 9.53 Å². The van der Waals surface area contributed by atoms with Gasteiger partial charge in [-0.05, 0) is 37.5 Å². The van der Waals surface area contributed by atoms with Crippen LogP contribution in [0.15, 0.2) is 11.6 Å². The number of aromatic nitrogens is 1. The van der Waals surface area contributed by atoms with Crippen LogP contribution in [0.5, 0.6) is 0 Å². The van der Waals surface area contributed by atoms with Gasteiger partial charge < -0.3 is 9.30 Å². The lowest BCUT2D eigenvalue weighted by Crippen LogP contribution is -2.08. The second-order valence-electron chi connectivity index (χ2n) is 5.23. The molecule has 0 bridgehead atoms. The summed E-state index contributed by atoms with van der Waals surface area (Å²) in [6, 6.07) is 5.46. The van der Waals surface area contributed by atoms with Crippen molar-refractivity contribution in [1.29, 1.82) is 10.5 Å². The first-order valence-corrected chi connectivity index (χ1v) is 6.73. The minimum atomic E-state index is -0.771. The molecule has 0 aliphatic rings. The third-order valence-electron chi connectivity index (χ3n) is 3.07. The van der Waals surface area contributed by atoms with Crippen LogP contribution >= 0.6 is 0 Å². The Morgan fingerprint density at radius 2 is 2.10 bits per heavy atom. The van der Waals surface area contributed by atoms with Crippen molar-refractivity contribution in [2.75, 3.05) is 6.61 Å². The highest BCUT2D eigenvalue weighted by Crippen LogP contribution is 2.20. The van der Waals surface area contributed by atoms with E-state index in [-0.39, 0.29) is 12.2 Å². The Kier molecular flexibility index (Phi) is 5.75. The number of hydrogen-bond donors (Lipinski definition) is 0. The fourth-order valence-corrected chi connectivity index (χ4v) is 2.09. The molecule has 1 rings (SSSR count). The number of nitriles is 2. The first-order valence-electron chi connectivity index (χ1n) is 6.73. The van der Waals surface area contributed by atoms with Gasteiger partial charge in [0.05, 0.1) is 0 Å². The smallest absolute Gasteiger partial charge is 0.349 e. The molecular weight excluding hydrogens is 266 g/mol. The van der Waals surface area contributed by atoms with Gasteiger partial charge in [-0.2, -0.15) is 10.5 Å². The summed E-state index contributed by atoms with van der Waals surface area (Å²) in [4.78, 5) is 11.6. The average molecular weight is 285 g/mol. The molecule has 110 valence electrons. The van der Waals surface area contributed by atoms with Crippen LogP contribution in [0, 0.1) is 42.4 Å². The maximum absolute atomic E-state index is 11.6. The molecule has 21 heavy (non-hydrogen) atoms. The predicted octanol–water partition coefficient (Wildman–Crippen LogP) is 2.73. The molecule has 1 aromatic rings. The van der Waals surface area contributed by atoms with E-state index in [1.54, 1.807) is 6.07 Å². The van der Waals surface area contributed by atoms with E-state index < -0.39 is 5.97 Å². The van der Waals surface area contributed by atoms with Gasteiger partial charge in [0.1, 0.15) is 17.7 Å². The molecule has 0 saturated heterocycles. The molecule has 0 N–H and O–H groups in total. The zero-order valence-electron chi connectivity index (χ0n) is 12.8. The maximum Gasteiger partial charge on any atom is 0.349 e. The molecule has 0 aliphatic heterocycles. The topological polar surface area (TPSA) is 78.8 Å². The van der Waals surface area contributed by atoms with E-state index in [1.165, 1.54) is 6.08 Å². The van der Waals surface area contributed by atoms with E-state index in [0.717, 1.165) is 23.5 Å². The largest absolute Gasteiger partial charge is 0.446 e. The van der Waals surface area contributed by atoms with Crippen LogP contribution < -0.4 is 0 Å². The van der Waals surface area contributed by atoms with Crippen LogP contribution in [-0.2, 0) is 16.1 Å². The Bertz CT molecular complexity index is 640. The fraction of sp³-hybridized carbons (Fsp3) is 0.438. The first kappa shape index (κ1) is 16.5. The number of nitrogens with zero attached hydrogens (tertiary/aromatic N) is 3. The predicted molar refractivity (Wildman–Crippen MR) is 78.9 cm³/mol. The third kappa shape index (κ3) is 4.22. The summed E-state index contributed by atoms with van der Waals surface area (Å²) in [5.74, 6) is -0.268. The number of carbonyl (C=O) groups excluding carboxylic acids is 1. The number of rotatable bonds is 5. The number of esters is 1. The Morgan fingerprint density at radius 1 is 1.43 bits per heavy atom. The SMILES string of the molecule is Cc1cc(/C=C(\C#N)C(=O)OCC#N)c(C)n1CC(C)C. The molecule has 0 radical (unpaired) electrons. The van der Waals surface area contributed by atoms with E-state index in [0.29, 0.717) is 5.92 Å². The highest BCUT2D eigenvalue weighted by Gasteiger charge is 2.14. The first-order chi connectivity index (χ1) is 9.90. The lowest BCUT2D eigenvalue weighted by atomic mass is 10.1. The molecule has 5 heteroatoms. The van der Waals surface area contributed by atoms with E-state index in [9.17, 15) is 4.79 Å². The molecule has 0 aromatic carbocycles. The molecule has 0 aliphatic carbocycles. The van der Waals surface area contributed by atoms with Gasteiger partial charge in [-0.15, -0.1) is 0 Å². The van der Waals surface area contributed by atoms with E-state index >= 15 is 0 Å². The molecule has 0 amide bonds. The average Bonchev–Trinajstić information content (AvgIpc) is 2.69. The summed E-state index contributed by atoms with van der Waals surface area (Å²) in [5.41, 5.74) is 2.80. The van der Waals surface area contributed by atoms with Crippen molar-refractivity contribution in [2.24, 2.45) is 5.92 Å². The van der Waals surface area contributed by atoms with Crippen LogP contribution in [0.1, 0.15) is 30.8 Å². The fourth-order valence-electron chi connectivity index (χ4n) is 2.09. The number of carbonyl (C=O) groups is 1. The van der Waals surface area contributed by atoms with Crippen molar-refractivity contribution in [2.45, 2.75) is 34.2 Å². The van der Waals surface area contributed by atoms with Crippen LogP contribution in [0.25, 0.3) is 6.08 Å². The van der Waals surface area contributed by atoms with Crippen LogP contribution in [0.2, 0.25) is 0 Å². The van der Waals surface area contributed by atoms with E-state index in [1.807, 2.05) is 26.0 Å². The highest BCUT2D eigenvalue weighted by molar-refractivity contribution is 5.98. The van der Waals surface area contributed by atoms with Crippen LogP contribution in [-0.4, -0.2) is 17.1 Å². The summed E-state index contributed by atoms with van der Waals surface area (Å²) in [5, 5.41) is 17.5. The molecule has 5 nitrogen and oxygen atoms in total. The lowest BCUT2D eigenvalue weighted by Gasteiger charge is -2.11. The Hall–Kier alpha value is -2.53. The number of hydrogen-bond acceptors (Lipinski definition) is 4. The van der Waals surface area contributed by atoms with Gasteiger partial charge >= 0.3 is 5.97 Å². The third-order valence-corrected chi connectivity index (χ3v) is 3.07. The van der Waals surface area contributed by atoms with Gasteiger partial charge in [0.25, 0.3) is 0 Å². The van der Waals surface area contributed by atoms with Crippen molar-refractivity contribution in [3.8, 4) is 12.1 Å². The van der Waals surface area contributed by atoms with Crippen molar-refractivity contribution >= 4 is 12.0 Å². The van der Waals surface area contributed by atoms with Crippen molar-refractivity contribution in [3.63, 3.8) is 0 Å². The monoisotopic (exact) mass is 285 g/mol. The quantitative estimate of drug-likeness (QED) is 0.473. The van der Waals surface area contributed by atoms with Gasteiger partial charge in [0.15, 0.2) is 6.61 Å². The highest BCUT2D eigenvalue weighted by atomic mass is 16.5. The van der Waals surface area contributed by atoms with Gasteiger partial charge in [-0.1, -0.05) is 13.8 Å². The van der Waals surface area contributed by atoms with Gasteiger partial charge in [0.2, 0.25) is 0 Å². The second kappa shape index (κ2) is 7.31. The Balaban J connectivity index is 3.11. The molecule has 0 fully saturated rings. The Labute approximate surface area is 125 Å². The lowest BCUT2D eigenvalue weighted by molar-refractivity contribution is -0.137. The maximum atomic E-state index is 11.6. The van der Waals surface area contributed by atoms with Crippen molar-refractivity contribution in [1.82, 2.24) is 4.57 Å². The van der Waals surface area contributed by atoms with Crippen LogP contribution in [0.4, 0.5) is 0 Å². The molecule has 1 aromatic heterocycles. The van der Waals surface area contributed by atoms with E-state index in [2.05, 4.69) is 23.2 Å². The van der Waals surface area contributed by atoms with Crippen molar-refractivity contribution in [3.05, 3.63) is 28.6 Å². The Morgan fingerprint density at radius 3 is 2.62 bits per heavy atom. The summed E-state index contributed by atoms with van der Waals surface area (Å²) in [6.45, 7) is 8.74.